The molecule has 2 heterocycles. The molecule has 1 amide bonds. The van der Waals surface area contributed by atoms with Gasteiger partial charge in [0.2, 0.25) is 5.91 Å². The molecule has 0 aromatic heterocycles. The van der Waals surface area contributed by atoms with Gasteiger partial charge in [0, 0.05) is 19.6 Å². The third-order valence-electron chi connectivity index (χ3n) is 3.51. The van der Waals surface area contributed by atoms with Crippen LogP contribution in [0.2, 0.25) is 0 Å². The quantitative estimate of drug-likeness (QED) is 0.699. The molecule has 1 N–H and O–H groups in total. The van der Waals surface area contributed by atoms with Gasteiger partial charge in [-0.2, -0.15) is 0 Å². The molecule has 0 spiro atoms. The van der Waals surface area contributed by atoms with Gasteiger partial charge in [-0.3, -0.25) is 4.79 Å². The number of hydrogen-bond donors (Lipinski definition) is 1. The standard InChI is InChI=1S/C11H20N2O3S/c14-11(10-3-1-4-12-9-10)13-5-2-7-17(15,16)8-6-13/h10,12H,1-9H2. The normalized spacial score (nSPS) is 29.6. The largest absolute Gasteiger partial charge is 0.341 e. The number of carbonyl (C=O) groups excluding carboxylic acids is 1. The molecule has 6 heteroatoms. The second-order valence-electron chi connectivity index (χ2n) is 4.87. The Morgan fingerprint density at radius 3 is 2.71 bits per heavy atom. The summed E-state index contributed by atoms with van der Waals surface area (Å²) in [5.74, 6) is 0.525. The summed E-state index contributed by atoms with van der Waals surface area (Å²) < 4.78 is 22.9. The van der Waals surface area contributed by atoms with Crippen LogP contribution in [-0.2, 0) is 14.6 Å². The van der Waals surface area contributed by atoms with Gasteiger partial charge in [0.1, 0.15) is 0 Å². The van der Waals surface area contributed by atoms with E-state index in [1.54, 1.807) is 4.90 Å². The van der Waals surface area contributed by atoms with E-state index in [1.807, 2.05) is 0 Å². The molecular formula is C11H20N2O3S. The van der Waals surface area contributed by atoms with Gasteiger partial charge in [0.25, 0.3) is 0 Å². The first-order valence-corrected chi connectivity index (χ1v) is 8.10. The van der Waals surface area contributed by atoms with Gasteiger partial charge >= 0.3 is 0 Å². The van der Waals surface area contributed by atoms with Crippen molar-refractivity contribution in [3.05, 3.63) is 0 Å². The second-order valence-corrected chi connectivity index (χ2v) is 7.18. The van der Waals surface area contributed by atoms with Crippen molar-refractivity contribution < 1.29 is 13.2 Å². The molecule has 0 aliphatic carbocycles. The Bertz CT molecular complexity index is 374. The van der Waals surface area contributed by atoms with Gasteiger partial charge < -0.3 is 10.2 Å². The van der Waals surface area contributed by atoms with Crippen LogP contribution in [0.1, 0.15) is 19.3 Å². The smallest absolute Gasteiger partial charge is 0.226 e. The zero-order valence-electron chi connectivity index (χ0n) is 10.0. The van der Waals surface area contributed by atoms with Crippen molar-refractivity contribution in [1.29, 1.82) is 0 Å². The predicted octanol–water partition coefficient (Wildman–Crippen LogP) is -0.367. The van der Waals surface area contributed by atoms with Gasteiger partial charge in [-0.15, -0.1) is 0 Å². The number of nitrogens with one attached hydrogen (secondary N) is 1. The molecule has 0 bridgehead atoms. The lowest BCUT2D eigenvalue weighted by molar-refractivity contribution is -0.135. The van der Waals surface area contributed by atoms with Crippen LogP contribution in [0.5, 0.6) is 0 Å². The van der Waals surface area contributed by atoms with Gasteiger partial charge in [-0.1, -0.05) is 0 Å². The van der Waals surface area contributed by atoms with Gasteiger partial charge in [0.05, 0.1) is 17.4 Å². The van der Waals surface area contributed by atoms with Crippen LogP contribution in [0.3, 0.4) is 0 Å². The van der Waals surface area contributed by atoms with E-state index in [9.17, 15) is 13.2 Å². The summed E-state index contributed by atoms with van der Waals surface area (Å²) in [5.41, 5.74) is 0. The van der Waals surface area contributed by atoms with E-state index in [0.717, 1.165) is 25.9 Å². The maximum absolute atomic E-state index is 12.2. The Labute approximate surface area is 102 Å². The van der Waals surface area contributed by atoms with Crippen LogP contribution in [0.25, 0.3) is 0 Å². The summed E-state index contributed by atoms with van der Waals surface area (Å²) in [6, 6.07) is 0. The molecular weight excluding hydrogens is 240 g/mol. The minimum Gasteiger partial charge on any atom is -0.341 e. The number of sulfone groups is 1. The number of nitrogens with zero attached hydrogens (tertiary/aromatic N) is 1. The van der Waals surface area contributed by atoms with Crippen LogP contribution < -0.4 is 5.32 Å². The lowest BCUT2D eigenvalue weighted by Crippen LogP contribution is -2.44. The highest BCUT2D eigenvalue weighted by Crippen LogP contribution is 2.15. The fourth-order valence-corrected chi connectivity index (χ4v) is 3.75. The molecule has 0 saturated carbocycles. The number of carbonyl (C=O) groups is 1. The topological polar surface area (TPSA) is 66.5 Å². The van der Waals surface area contributed by atoms with Crippen molar-refractivity contribution >= 4 is 15.7 Å². The summed E-state index contributed by atoms with van der Waals surface area (Å²) in [7, 11) is -2.93. The summed E-state index contributed by atoms with van der Waals surface area (Å²) in [5, 5.41) is 3.22. The van der Waals surface area contributed by atoms with E-state index in [2.05, 4.69) is 5.32 Å². The molecule has 1 unspecified atom stereocenters. The minimum atomic E-state index is -2.93. The number of piperidine rings is 1. The fraction of sp³-hybridized carbons (Fsp3) is 0.909. The first kappa shape index (κ1) is 12.8. The molecule has 0 radical (unpaired) electrons. The molecule has 98 valence electrons. The highest BCUT2D eigenvalue weighted by Gasteiger charge is 2.28. The Balaban J connectivity index is 1.95. The van der Waals surface area contributed by atoms with Crippen LogP contribution in [0.15, 0.2) is 0 Å². The van der Waals surface area contributed by atoms with Gasteiger partial charge in [0.15, 0.2) is 9.84 Å². The average molecular weight is 260 g/mol. The number of rotatable bonds is 1. The fourth-order valence-electron chi connectivity index (χ4n) is 2.48. The van der Waals surface area contributed by atoms with Crippen LogP contribution >= 0.6 is 0 Å². The molecule has 1 atom stereocenters. The van der Waals surface area contributed by atoms with E-state index < -0.39 is 9.84 Å². The van der Waals surface area contributed by atoms with Gasteiger partial charge in [-0.25, -0.2) is 8.42 Å². The van der Waals surface area contributed by atoms with E-state index >= 15 is 0 Å². The molecule has 0 aromatic rings. The van der Waals surface area contributed by atoms with Crippen molar-refractivity contribution in [1.82, 2.24) is 10.2 Å². The van der Waals surface area contributed by atoms with Crippen molar-refractivity contribution in [2.75, 3.05) is 37.7 Å². The highest BCUT2D eigenvalue weighted by molar-refractivity contribution is 7.91. The molecule has 2 fully saturated rings. The van der Waals surface area contributed by atoms with E-state index in [0.29, 0.717) is 19.5 Å². The second kappa shape index (κ2) is 5.35. The van der Waals surface area contributed by atoms with E-state index in [4.69, 9.17) is 0 Å². The number of amides is 1. The molecule has 2 aliphatic heterocycles. The third-order valence-corrected chi connectivity index (χ3v) is 5.23. The average Bonchev–Trinajstić information content (AvgIpc) is 2.50. The summed E-state index contributed by atoms with van der Waals surface area (Å²) in [6.07, 6.45) is 2.53. The maximum Gasteiger partial charge on any atom is 0.226 e. The molecule has 0 aromatic carbocycles. The lowest BCUT2D eigenvalue weighted by atomic mass is 9.98. The zero-order chi connectivity index (χ0) is 12.3. The predicted molar refractivity (Wildman–Crippen MR) is 65.4 cm³/mol. The van der Waals surface area contributed by atoms with E-state index in [-0.39, 0.29) is 23.3 Å². The lowest BCUT2D eigenvalue weighted by Gasteiger charge is -2.28. The van der Waals surface area contributed by atoms with Crippen LogP contribution in [0, 0.1) is 5.92 Å². The Kier molecular flexibility index (Phi) is 4.04. The number of hydrogen-bond acceptors (Lipinski definition) is 4. The van der Waals surface area contributed by atoms with Crippen LogP contribution in [-0.4, -0.2) is 56.9 Å². The van der Waals surface area contributed by atoms with E-state index in [1.165, 1.54) is 0 Å². The SMILES string of the molecule is O=C(C1CCCNC1)N1CCCS(=O)(=O)CC1. The maximum atomic E-state index is 12.2. The molecule has 17 heavy (non-hydrogen) atoms. The van der Waals surface area contributed by atoms with Crippen molar-refractivity contribution in [2.45, 2.75) is 19.3 Å². The molecule has 2 saturated heterocycles. The Morgan fingerprint density at radius 2 is 2.00 bits per heavy atom. The zero-order valence-corrected chi connectivity index (χ0v) is 10.8. The van der Waals surface area contributed by atoms with Crippen LogP contribution in [0.4, 0.5) is 0 Å². The minimum absolute atomic E-state index is 0.0459. The first-order valence-electron chi connectivity index (χ1n) is 6.28. The summed E-state index contributed by atoms with van der Waals surface area (Å²) >= 11 is 0. The van der Waals surface area contributed by atoms with Crippen molar-refractivity contribution in [3.63, 3.8) is 0 Å². The highest BCUT2D eigenvalue weighted by atomic mass is 32.2. The monoisotopic (exact) mass is 260 g/mol. The summed E-state index contributed by atoms with van der Waals surface area (Å²) in [6.45, 7) is 2.69. The van der Waals surface area contributed by atoms with Crippen molar-refractivity contribution in [2.24, 2.45) is 5.92 Å². The Hall–Kier alpha value is -0.620. The third kappa shape index (κ3) is 3.42. The Morgan fingerprint density at radius 1 is 1.18 bits per heavy atom. The summed E-state index contributed by atoms with van der Waals surface area (Å²) in [4.78, 5) is 13.9. The molecule has 2 rings (SSSR count). The van der Waals surface area contributed by atoms with Gasteiger partial charge in [-0.05, 0) is 25.8 Å². The van der Waals surface area contributed by atoms with Crippen molar-refractivity contribution in [3.8, 4) is 0 Å². The first-order chi connectivity index (χ1) is 8.08. The molecule has 5 nitrogen and oxygen atoms in total. The molecule has 2 aliphatic rings.